The van der Waals surface area contributed by atoms with Gasteiger partial charge in [-0.15, -0.1) is 0 Å². The Hall–Kier alpha value is -0.570. The molecule has 16 heavy (non-hydrogen) atoms. The summed E-state index contributed by atoms with van der Waals surface area (Å²) in [4.78, 5) is 0. The minimum atomic E-state index is -0.467. The molecule has 2 N–H and O–H groups in total. The van der Waals surface area contributed by atoms with Gasteiger partial charge >= 0.3 is 0 Å². The highest BCUT2D eigenvalue weighted by molar-refractivity contribution is 6.31. The highest BCUT2D eigenvalue weighted by Crippen LogP contribution is 2.41. The number of aliphatic hydroxyl groups is 2. The van der Waals surface area contributed by atoms with E-state index in [1.807, 2.05) is 31.2 Å². The van der Waals surface area contributed by atoms with Gasteiger partial charge in [0.05, 0.1) is 12.2 Å². The normalized spacial score (nSPS) is 28.2. The zero-order valence-corrected chi connectivity index (χ0v) is 10.1. The number of hydrogen-bond acceptors (Lipinski definition) is 2. The number of hydrogen-bond donors (Lipinski definition) is 2. The predicted molar refractivity (Wildman–Crippen MR) is 64.5 cm³/mol. The molecule has 1 aliphatic rings. The summed E-state index contributed by atoms with van der Waals surface area (Å²) in [5.41, 5.74) is 0.525. The Morgan fingerprint density at radius 2 is 1.81 bits per heavy atom. The number of rotatable bonds is 2. The van der Waals surface area contributed by atoms with Crippen LogP contribution in [0.2, 0.25) is 5.02 Å². The summed E-state index contributed by atoms with van der Waals surface area (Å²) < 4.78 is 0. The van der Waals surface area contributed by atoms with Gasteiger partial charge in [0.2, 0.25) is 0 Å². The highest BCUT2D eigenvalue weighted by Gasteiger charge is 2.45. The lowest BCUT2D eigenvalue weighted by Gasteiger charge is -2.32. The van der Waals surface area contributed by atoms with Crippen LogP contribution in [0, 0.1) is 5.41 Å². The third-order valence-corrected chi connectivity index (χ3v) is 4.13. The Balaban J connectivity index is 2.24. The summed E-state index contributed by atoms with van der Waals surface area (Å²) in [5, 5.41) is 20.6. The molecule has 0 amide bonds. The van der Waals surface area contributed by atoms with E-state index in [9.17, 15) is 10.2 Å². The van der Waals surface area contributed by atoms with Gasteiger partial charge in [0.15, 0.2) is 0 Å². The Kier molecular flexibility index (Phi) is 3.24. The zero-order chi connectivity index (χ0) is 11.8. The smallest absolute Gasteiger partial charge is 0.0622 e. The first-order valence-electron chi connectivity index (χ1n) is 5.63. The molecule has 3 heteroatoms. The fourth-order valence-corrected chi connectivity index (χ4v) is 2.69. The van der Waals surface area contributed by atoms with Crippen molar-refractivity contribution in [2.75, 3.05) is 0 Å². The first kappa shape index (κ1) is 11.9. The molecule has 1 saturated carbocycles. The molecule has 0 radical (unpaired) electrons. The van der Waals surface area contributed by atoms with Crippen molar-refractivity contribution in [3.05, 3.63) is 34.9 Å². The van der Waals surface area contributed by atoms with Crippen LogP contribution in [0.5, 0.6) is 0 Å². The summed E-state index contributed by atoms with van der Waals surface area (Å²) in [6.45, 7) is 1.93. The molecular weight excluding hydrogens is 224 g/mol. The second kappa shape index (κ2) is 4.36. The lowest BCUT2D eigenvalue weighted by molar-refractivity contribution is -0.0101. The van der Waals surface area contributed by atoms with Gasteiger partial charge in [-0.2, -0.15) is 0 Å². The van der Waals surface area contributed by atoms with Crippen molar-refractivity contribution in [2.24, 2.45) is 5.41 Å². The number of halogens is 1. The van der Waals surface area contributed by atoms with Crippen molar-refractivity contribution in [2.45, 2.75) is 38.4 Å². The van der Waals surface area contributed by atoms with Crippen LogP contribution in [-0.2, 0) is 6.42 Å². The molecule has 1 fully saturated rings. The second-order valence-corrected chi connectivity index (χ2v) is 5.29. The van der Waals surface area contributed by atoms with Crippen LogP contribution in [0.1, 0.15) is 25.3 Å². The van der Waals surface area contributed by atoms with Crippen LogP contribution in [0.15, 0.2) is 24.3 Å². The molecule has 2 atom stereocenters. The molecule has 0 aromatic heterocycles. The lowest BCUT2D eigenvalue weighted by Crippen LogP contribution is -2.37. The van der Waals surface area contributed by atoms with E-state index in [1.165, 1.54) is 0 Å². The predicted octanol–water partition coefficient (Wildman–Crippen LogP) is 2.40. The standard InChI is InChI=1S/C13H17ClO2/c1-13(11(15)6-7-12(13)16)8-9-4-2-3-5-10(9)14/h2-5,11-12,15-16H,6-8H2,1H3/t11-,12-/m0/s1. The summed E-state index contributed by atoms with van der Waals surface area (Å²) in [6.07, 6.45) is 1.07. The van der Waals surface area contributed by atoms with E-state index in [0.29, 0.717) is 24.3 Å². The fourth-order valence-electron chi connectivity index (χ4n) is 2.49. The summed E-state index contributed by atoms with van der Waals surface area (Å²) >= 11 is 6.10. The van der Waals surface area contributed by atoms with E-state index >= 15 is 0 Å². The zero-order valence-electron chi connectivity index (χ0n) is 9.36. The number of benzene rings is 1. The molecule has 0 spiro atoms. The summed E-state index contributed by atoms with van der Waals surface area (Å²) in [7, 11) is 0. The molecule has 1 aromatic carbocycles. The van der Waals surface area contributed by atoms with Crippen LogP contribution in [0.3, 0.4) is 0 Å². The van der Waals surface area contributed by atoms with Crippen LogP contribution in [0.25, 0.3) is 0 Å². The largest absolute Gasteiger partial charge is 0.392 e. The number of aliphatic hydroxyl groups excluding tert-OH is 2. The van der Waals surface area contributed by atoms with Gasteiger partial charge in [-0.3, -0.25) is 0 Å². The van der Waals surface area contributed by atoms with E-state index < -0.39 is 17.6 Å². The highest BCUT2D eigenvalue weighted by atomic mass is 35.5. The van der Waals surface area contributed by atoms with Crippen LogP contribution in [-0.4, -0.2) is 22.4 Å². The van der Waals surface area contributed by atoms with Gasteiger partial charge in [-0.05, 0) is 30.9 Å². The third-order valence-electron chi connectivity index (χ3n) is 3.77. The van der Waals surface area contributed by atoms with Crippen molar-refractivity contribution in [3.63, 3.8) is 0 Å². The van der Waals surface area contributed by atoms with Crippen LogP contribution >= 0.6 is 11.6 Å². The molecule has 2 nitrogen and oxygen atoms in total. The lowest BCUT2D eigenvalue weighted by atomic mass is 9.78. The quantitative estimate of drug-likeness (QED) is 0.834. The van der Waals surface area contributed by atoms with E-state index in [-0.39, 0.29) is 0 Å². The van der Waals surface area contributed by atoms with Gasteiger partial charge in [0.25, 0.3) is 0 Å². The fraction of sp³-hybridized carbons (Fsp3) is 0.538. The average Bonchev–Trinajstić information content (AvgIpc) is 2.50. The van der Waals surface area contributed by atoms with Gasteiger partial charge in [-0.25, -0.2) is 0 Å². The van der Waals surface area contributed by atoms with Crippen molar-refractivity contribution in [1.29, 1.82) is 0 Å². The molecule has 0 heterocycles. The maximum Gasteiger partial charge on any atom is 0.0622 e. The summed E-state index contributed by atoms with van der Waals surface area (Å²) in [6, 6.07) is 7.60. The van der Waals surface area contributed by atoms with Gasteiger partial charge in [0, 0.05) is 10.4 Å². The molecule has 88 valence electrons. The van der Waals surface area contributed by atoms with Crippen molar-refractivity contribution in [3.8, 4) is 0 Å². The third kappa shape index (κ3) is 1.97. The molecule has 0 saturated heterocycles. The van der Waals surface area contributed by atoms with Crippen molar-refractivity contribution in [1.82, 2.24) is 0 Å². The van der Waals surface area contributed by atoms with E-state index in [4.69, 9.17) is 11.6 Å². The van der Waals surface area contributed by atoms with Crippen molar-refractivity contribution >= 4 is 11.6 Å². The molecular formula is C13H17ClO2. The Morgan fingerprint density at radius 1 is 1.25 bits per heavy atom. The second-order valence-electron chi connectivity index (χ2n) is 4.88. The minimum Gasteiger partial charge on any atom is -0.392 e. The first-order valence-corrected chi connectivity index (χ1v) is 6.01. The Bertz CT molecular complexity index is 368. The monoisotopic (exact) mass is 240 g/mol. The van der Waals surface area contributed by atoms with Gasteiger partial charge in [-0.1, -0.05) is 36.7 Å². The molecule has 0 bridgehead atoms. The van der Waals surface area contributed by atoms with Crippen molar-refractivity contribution < 1.29 is 10.2 Å². The topological polar surface area (TPSA) is 40.5 Å². The van der Waals surface area contributed by atoms with E-state index in [1.54, 1.807) is 0 Å². The van der Waals surface area contributed by atoms with E-state index in [0.717, 1.165) is 5.56 Å². The van der Waals surface area contributed by atoms with E-state index in [2.05, 4.69) is 0 Å². The average molecular weight is 241 g/mol. The van der Waals surface area contributed by atoms with Gasteiger partial charge < -0.3 is 10.2 Å². The maximum atomic E-state index is 9.97. The Labute approximate surface area is 101 Å². The first-order chi connectivity index (χ1) is 7.54. The molecule has 1 aliphatic carbocycles. The maximum absolute atomic E-state index is 9.97. The SMILES string of the molecule is CC1(Cc2ccccc2Cl)[C@@H](O)CC[C@@H]1O. The molecule has 1 aromatic rings. The molecule has 0 unspecified atom stereocenters. The van der Waals surface area contributed by atoms with Crippen LogP contribution in [0.4, 0.5) is 0 Å². The van der Waals surface area contributed by atoms with Crippen LogP contribution < -0.4 is 0 Å². The van der Waals surface area contributed by atoms with Gasteiger partial charge in [0.1, 0.15) is 0 Å². The minimum absolute atomic E-state index is 0.446. The summed E-state index contributed by atoms with van der Waals surface area (Å²) in [5.74, 6) is 0. The Morgan fingerprint density at radius 3 is 2.38 bits per heavy atom. The molecule has 0 aliphatic heterocycles. The molecule has 2 rings (SSSR count).